The zero-order valence-corrected chi connectivity index (χ0v) is 10.3. The standard InChI is InChI=1S/C12H10F2N2OS/c1-7(8-2-3-9(13)10(14)4-8)16-12(17)11-5-18-6-15-11/h2-7H,1H3,(H,16,17). The Hall–Kier alpha value is -1.82. The normalized spacial score (nSPS) is 12.2. The fraction of sp³-hybridized carbons (Fsp3) is 0.167. The van der Waals surface area contributed by atoms with E-state index in [1.54, 1.807) is 17.8 Å². The molecule has 1 aromatic heterocycles. The lowest BCUT2D eigenvalue weighted by Crippen LogP contribution is -2.26. The van der Waals surface area contributed by atoms with Crippen molar-refractivity contribution in [2.24, 2.45) is 0 Å². The van der Waals surface area contributed by atoms with Gasteiger partial charge in [0.05, 0.1) is 11.6 Å². The second kappa shape index (κ2) is 5.22. The molecule has 1 N–H and O–H groups in total. The van der Waals surface area contributed by atoms with Crippen LogP contribution in [-0.4, -0.2) is 10.9 Å². The fourth-order valence-corrected chi connectivity index (χ4v) is 1.99. The van der Waals surface area contributed by atoms with Crippen LogP contribution in [0.4, 0.5) is 8.78 Å². The van der Waals surface area contributed by atoms with Gasteiger partial charge in [-0.25, -0.2) is 13.8 Å². The molecule has 0 fully saturated rings. The highest BCUT2D eigenvalue weighted by Crippen LogP contribution is 2.16. The van der Waals surface area contributed by atoms with Gasteiger partial charge in [-0.1, -0.05) is 6.07 Å². The number of nitrogens with zero attached hydrogens (tertiary/aromatic N) is 1. The zero-order valence-electron chi connectivity index (χ0n) is 9.48. The predicted octanol–water partition coefficient (Wildman–Crippen LogP) is 2.91. The number of rotatable bonds is 3. The first-order valence-electron chi connectivity index (χ1n) is 5.22. The van der Waals surface area contributed by atoms with Gasteiger partial charge >= 0.3 is 0 Å². The number of hydrogen-bond donors (Lipinski definition) is 1. The average molecular weight is 268 g/mol. The number of carbonyl (C=O) groups excluding carboxylic acids is 1. The van der Waals surface area contributed by atoms with Crippen molar-refractivity contribution < 1.29 is 13.6 Å². The number of nitrogens with one attached hydrogen (secondary N) is 1. The third kappa shape index (κ3) is 2.70. The molecule has 6 heteroatoms. The summed E-state index contributed by atoms with van der Waals surface area (Å²) in [6, 6.07) is 3.12. The molecule has 0 aliphatic rings. The highest BCUT2D eigenvalue weighted by atomic mass is 32.1. The van der Waals surface area contributed by atoms with Crippen LogP contribution < -0.4 is 5.32 Å². The number of halogens is 2. The first-order valence-corrected chi connectivity index (χ1v) is 6.16. The minimum Gasteiger partial charge on any atom is -0.344 e. The fourth-order valence-electron chi connectivity index (χ4n) is 1.46. The third-order valence-corrected chi connectivity index (χ3v) is 3.04. The summed E-state index contributed by atoms with van der Waals surface area (Å²) in [7, 11) is 0. The van der Waals surface area contributed by atoms with Crippen LogP contribution in [-0.2, 0) is 0 Å². The van der Waals surface area contributed by atoms with Gasteiger partial charge in [0.2, 0.25) is 0 Å². The van der Waals surface area contributed by atoms with E-state index in [2.05, 4.69) is 10.3 Å². The van der Waals surface area contributed by atoms with Crippen molar-refractivity contribution >= 4 is 17.2 Å². The molecule has 0 spiro atoms. The molecule has 3 nitrogen and oxygen atoms in total. The van der Waals surface area contributed by atoms with Gasteiger partial charge in [-0.2, -0.15) is 0 Å². The van der Waals surface area contributed by atoms with Crippen LogP contribution in [0.25, 0.3) is 0 Å². The van der Waals surface area contributed by atoms with Crippen LogP contribution in [0.5, 0.6) is 0 Å². The van der Waals surface area contributed by atoms with Crippen LogP contribution in [0.2, 0.25) is 0 Å². The molecule has 1 heterocycles. The Kier molecular flexibility index (Phi) is 3.66. The van der Waals surface area contributed by atoms with E-state index in [4.69, 9.17) is 0 Å². The van der Waals surface area contributed by atoms with Crippen LogP contribution in [0.3, 0.4) is 0 Å². The molecule has 18 heavy (non-hydrogen) atoms. The number of thiazole rings is 1. The number of carbonyl (C=O) groups is 1. The van der Waals surface area contributed by atoms with Crippen LogP contribution in [0.15, 0.2) is 29.1 Å². The van der Waals surface area contributed by atoms with Crippen molar-refractivity contribution in [3.8, 4) is 0 Å². The zero-order chi connectivity index (χ0) is 13.1. The van der Waals surface area contributed by atoms with E-state index < -0.39 is 17.7 Å². The molecule has 0 radical (unpaired) electrons. The second-order valence-electron chi connectivity index (χ2n) is 3.74. The monoisotopic (exact) mass is 268 g/mol. The summed E-state index contributed by atoms with van der Waals surface area (Å²) in [6.45, 7) is 1.69. The van der Waals surface area contributed by atoms with Gasteiger partial charge in [-0.05, 0) is 24.6 Å². The van der Waals surface area contributed by atoms with Gasteiger partial charge < -0.3 is 5.32 Å². The van der Waals surface area contributed by atoms with Gasteiger partial charge in [0.15, 0.2) is 11.6 Å². The van der Waals surface area contributed by atoms with Gasteiger partial charge in [0.25, 0.3) is 5.91 Å². The summed E-state index contributed by atoms with van der Waals surface area (Å²) in [6.07, 6.45) is 0. The number of hydrogen-bond acceptors (Lipinski definition) is 3. The molecule has 0 aliphatic heterocycles. The molecule has 1 amide bonds. The van der Waals surface area contributed by atoms with Crippen molar-refractivity contribution in [2.75, 3.05) is 0 Å². The van der Waals surface area contributed by atoms with Gasteiger partial charge in [0.1, 0.15) is 5.69 Å². The maximum atomic E-state index is 13.1. The number of amides is 1. The molecule has 94 valence electrons. The summed E-state index contributed by atoms with van der Waals surface area (Å²) in [5.74, 6) is -2.17. The number of aromatic nitrogens is 1. The minimum absolute atomic E-state index is 0.314. The summed E-state index contributed by atoms with van der Waals surface area (Å²) in [4.78, 5) is 15.6. The summed E-state index contributed by atoms with van der Waals surface area (Å²) in [5, 5.41) is 4.28. The molecule has 2 aromatic rings. The average Bonchev–Trinajstić information content (AvgIpc) is 2.86. The first kappa shape index (κ1) is 12.6. The lowest BCUT2D eigenvalue weighted by Gasteiger charge is -2.13. The summed E-state index contributed by atoms with van der Waals surface area (Å²) >= 11 is 1.31. The second-order valence-corrected chi connectivity index (χ2v) is 4.46. The molecule has 1 unspecified atom stereocenters. The van der Waals surface area contributed by atoms with Crippen molar-refractivity contribution in [3.05, 3.63) is 52.0 Å². The highest BCUT2D eigenvalue weighted by Gasteiger charge is 2.14. The van der Waals surface area contributed by atoms with Gasteiger partial charge in [-0.15, -0.1) is 11.3 Å². The lowest BCUT2D eigenvalue weighted by atomic mass is 10.1. The first-order chi connectivity index (χ1) is 8.58. The summed E-state index contributed by atoms with van der Waals surface area (Å²) in [5.41, 5.74) is 2.36. The molecule has 2 rings (SSSR count). The minimum atomic E-state index is -0.928. The smallest absolute Gasteiger partial charge is 0.271 e. The molecular weight excluding hydrogens is 258 g/mol. The van der Waals surface area contributed by atoms with Crippen molar-refractivity contribution in [1.29, 1.82) is 0 Å². The van der Waals surface area contributed by atoms with Crippen LogP contribution in [0.1, 0.15) is 29.0 Å². The molecular formula is C12H10F2N2OS. The van der Waals surface area contributed by atoms with Crippen molar-refractivity contribution in [1.82, 2.24) is 10.3 Å². The Labute approximate surface area is 106 Å². The third-order valence-electron chi connectivity index (χ3n) is 2.46. The molecule has 0 aliphatic carbocycles. The maximum absolute atomic E-state index is 13.1. The van der Waals surface area contributed by atoms with E-state index in [1.165, 1.54) is 17.4 Å². The van der Waals surface area contributed by atoms with Crippen molar-refractivity contribution in [3.63, 3.8) is 0 Å². The molecule has 1 atom stereocenters. The Morgan fingerprint density at radius 2 is 2.17 bits per heavy atom. The van der Waals surface area contributed by atoms with E-state index in [0.717, 1.165) is 12.1 Å². The summed E-state index contributed by atoms with van der Waals surface area (Å²) < 4.78 is 25.8. The van der Waals surface area contributed by atoms with E-state index >= 15 is 0 Å². The lowest BCUT2D eigenvalue weighted by molar-refractivity contribution is 0.0935. The Bertz CT molecular complexity index is 557. The van der Waals surface area contributed by atoms with E-state index in [1.807, 2.05) is 0 Å². The SMILES string of the molecule is CC(NC(=O)c1cscn1)c1ccc(F)c(F)c1. The van der Waals surface area contributed by atoms with Gasteiger partial charge in [-0.3, -0.25) is 4.79 Å². The molecule has 0 bridgehead atoms. The Balaban J connectivity index is 2.10. The Morgan fingerprint density at radius 3 is 2.78 bits per heavy atom. The quantitative estimate of drug-likeness (QED) is 0.930. The molecule has 0 saturated heterocycles. The van der Waals surface area contributed by atoms with E-state index in [0.29, 0.717) is 11.3 Å². The van der Waals surface area contributed by atoms with Crippen LogP contribution in [0, 0.1) is 11.6 Å². The van der Waals surface area contributed by atoms with Crippen molar-refractivity contribution in [2.45, 2.75) is 13.0 Å². The largest absolute Gasteiger partial charge is 0.344 e. The van der Waals surface area contributed by atoms with E-state index in [9.17, 15) is 13.6 Å². The maximum Gasteiger partial charge on any atom is 0.271 e. The van der Waals surface area contributed by atoms with Gasteiger partial charge in [0, 0.05) is 5.38 Å². The molecule has 0 saturated carbocycles. The highest BCUT2D eigenvalue weighted by molar-refractivity contribution is 7.07. The molecule has 1 aromatic carbocycles. The van der Waals surface area contributed by atoms with Crippen LogP contribution >= 0.6 is 11.3 Å². The number of benzene rings is 1. The predicted molar refractivity (Wildman–Crippen MR) is 64.4 cm³/mol. The topological polar surface area (TPSA) is 42.0 Å². The van der Waals surface area contributed by atoms with E-state index in [-0.39, 0.29) is 5.91 Å². The Morgan fingerprint density at radius 1 is 1.39 bits per heavy atom.